The molecule has 1 unspecified atom stereocenters. The zero-order chi connectivity index (χ0) is 20.7. The van der Waals surface area contributed by atoms with E-state index in [0.29, 0.717) is 12.6 Å². The molecular formula is C25H30N2O3. The Balaban J connectivity index is 1.56. The average molecular weight is 407 g/mol. The van der Waals surface area contributed by atoms with Gasteiger partial charge in [0.25, 0.3) is 0 Å². The summed E-state index contributed by atoms with van der Waals surface area (Å²) in [6.07, 6.45) is 4.11. The molecule has 5 rings (SSSR count). The van der Waals surface area contributed by atoms with Gasteiger partial charge < -0.3 is 19.1 Å². The molecule has 1 atom stereocenters. The summed E-state index contributed by atoms with van der Waals surface area (Å²) in [6.45, 7) is 4.80. The summed E-state index contributed by atoms with van der Waals surface area (Å²) in [5.41, 5.74) is 6.48. The summed E-state index contributed by atoms with van der Waals surface area (Å²) in [6, 6.07) is 13.2. The van der Waals surface area contributed by atoms with Crippen LogP contribution in [0.3, 0.4) is 0 Å². The van der Waals surface area contributed by atoms with Crippen molar-refractivity contribution in [3.05, 3.63) is 58.8 Å². The molecule has 30 heavy (non-hydrogen) atoms. The molecule has 3 aromatic rings. The van der Waals surface area contributed by atoms with Crippen LogP contribution in [0.1, 0.15) is 48.2 Å². The molecule has 2 aromatic carbocycles. The van der Waals surface area contributed by atoms with Gasteiger partial charge in [0, 0.05) is 30.2 Å². The van der Waals surface area contributed by atoms with Crippen molar-refractivity contribution >= 4 is 10.9 Å². The van der Waals surface area contributed by atoms with Crippen molar-refractivity contribution in [1.29, 1.82) is 0 Å². The molecule has 3 heterocycles. The second-order valence-electron chi connectivity index (χ2n) is 8.36. The number of para-hydroxylation sites is 1. The number of nitrogens with zero attached hydrogens (tertiary/aromatic N) is 2. The molecule has 158 valence electrons. The first-order valence-corrected chi connectivity index (χ1v) is 11.0. The number of methoxy groups -OCH3 is 1. The van der Waals surface area contributed by atoms with Crippen LogP contribution in [0, 0.1) is 0 Å². The molecule has 1 N–H and O–H groups in total. The van der Waals surface area contributed by atoms with Gasteiger partial charge in [-0.25, -0.2) is 0 Å². The van der Waals surface area contributed by atoms with E-state index < -0.39 is 0 Å². The van der Waals surface area contributed by atoms with Crippen LogP contribution >= 0.6 is 0 Å². The topological polar surface area (TPSA) is 46.9 Å². The summed E-state index contributed by atoms with van der Waals surface area (Å²) in [5.74, 6) is 1.70. The van der Waals surface area contributed by atoms with Crippen LogP contribution in [-0.4, -0.2) is 34.8 Å². The molecule has 2 aliphatic heterocycles. The monoisotopic (exact) mass is 406 g/mol. The van der Waals surface area contributed by atoms with E-state index in [0.717, 1.165) is 55.8 Å². The number of aromatic nitrogens is 1. The Morgan fingerprint density at radius 1 is 1.17 bits per heavy atom. The smallest absolute Gasteiger partial charge is 0.161 e. The van der Waals surface area contributed by atoms with Gasteiger partial charge in [-0.3, -0.25) is 4.90 Å². The number of benzene rings is 2. The first-order chi connectivity index (χ1) is 14.7. The first-order valence-electron chi connectivity index (χ1n) is 11.0. The van der Waals surface area contributed by atoms with Crippen molar-refractivity contribution in [3.63, 3.8) is 0 Å². The molecule has 1 aromatic heterocycles. The Labute approximate surface area is 177 Å². The van der Waals surface area contributed by atoms with E-state index in [1.54, 1.807) is 7.11 Å². The highest BCUT2D eigenvalue weighted by Gasteiger charge is 2.35. The molecule has 0 amide bonds. The highest BCUT2D eigenvalue weighted by molar-refractivity contribution is 5.86. The van der Waals surface area contributed by atoms with Crippen molar-refractivity contribution < 1.29 is 14.6 Å². The number of unbranched alkanes of at least 4 members (excludes halogenated alkanes) is 1. The van der Waals surface area contributed by atoms with Gasteiger partial charge in [-0.2, -0.15) is 0 Å². The molecule has 0 radical (unpaired) electrons. The van der Waals surface area contributed by atoms with Gasteiger partial charge in [0.1, 0.15) is 6.73 Å². The highest BCUT2D eigenvalue weighted by Crippen LogP contribution is 2.44. The lowest BCUT2D eigenvalue weighted by molar-refractivity contribution is 0.145. The van der Waals surface area contributed by atoms with Gasteiger partial charge in [-0.05, 0) is 54.2 Å². The quantitative estimate of drug-likeness (QED) is 0.615. The molecule has 0 aliphatic carbocycles. The molecule has 0 saturated carbocycles. The standard InChI is InChI=1S/C25H30N2O3/c1-3-4-11-30-25-14-19-17(12-24(25)29-2)9-10-26-15-23-20(13-22(19)26)18-7-5-6-8-21(18)27(23)16-28/h5-8,12,14,22,28H,3-4,9-11,13,15-16H2,1-2H3. The van der Waals surface area contributed by atoms with Crippen molar-refractivity contribution in [1.82, 2.24) is 9.47 Å². The van der Waals surface area contributed by atoms with Crippen LogP contribution in [0.2, 0.25) is 0 Å². The lowest BCUT2D eigenvalue weighted by Gasteiger charge is -2.41. The van der Waals surface area contributed by atoms with Crippen LogP contribution in [0.15, 0.2) is 36.4 Å². The van der Waals surface area contributed by atoms with E-state index >= 15 is 0 Å². The number of rotatable bonds is 6. The number of hydrogen-bond acceptors (Lipinski definition) is 4. The highest BCUT2D eigenvalue weighted by atomic mass is 16.5. The SMILES string of the molecule is CCCCOc1cc2c(cc1OC)CCN1Cc3c(c4ccccc4n3CO)CC21. The van der Waals surface area contributed by atoms with E-state index in [1.807, 2.05) is 0 Å². The van der Waals surface area contributed by atoms with Gasteiger partial charge in [-0.1, -0.05) is 31.5 Å². The number of hydrogen-bond donors (Lipinski definition) is 1. The maximum Gasteiger partial charge on any atom is 0.161 e. The summed E-state index contributed by atoms with van der Waals surface area (Å²) < 4.78 is 13.8. The fourth-order valence-corrected chi connectivity index (χ4v) is 5.17. The van der Waals surface area contributed by atoms with Crippen molar-refractivity contribution in [2.75, 3.05) is 20.3 Å². The summed E-state index contributed by atoms with van der Waals surface area (Å²) in [7, 11) is 1.72. The van der Waals surface area contributed by atoms with E-state index in [2.05, 4.69) is 52.8 Å². The van der Waals surface area contributed by atoms with Crippen LogP contribution in [-0.2, 0) is 26.1 Å². The lowest BCUT2D eigenvalue weighted by atomic mass is 9.85. The maximum atomic E-state index is 10.0. The van der Waals surface area contributed by atoms with E-state index in [4.69, 9.17) is 9.47 Å². The third-order valence-corrected chi connectivity index (χ3v) is 6.73. The summed E-state index contributed by atoms with van der Waals surface area (Å²) in [5, 5.41) is 11.3. The van der Waals surface area contributed by atoms with Crippen LogP contribution < -0.4 is 9.47 Å². The van der Waals surface area contributed by atoms with Crippen LogP contribution in [0.4, 0.5) is 0 Å². The predicted molar refractivity (Wildman–Crippen MR) is 118 cm³/mol. The zero-order valence-corrected chi connectivity index (χ0v) is 17.9. The minimum absolute atomic E-state index is 0.0254. The minimum atomic E-state index is 0.0254. The van der Waals surface area contributed by atoms with Gasteiger partial charge in [0.2, 0.25) is 0 Å². The Morgan fingerprint density at radius 2 is 2.03 bits per heavy atom. The van der Waals surface area contributed by atoms with E-state index in [1.165, 1.54) is 27.8 Å². The van der Waals surface area contributed by atoms with Gasteiger partial charge in [0.15, 0.2) is 11.5 Å². The number of fused-ring (bicyclic) bond motifs is 6. The van der Waals surface area contributed by atoms with E-state index in [-0.39, 0.29) is 6.73 Å². The Bertz CT molecular complexity index is 1070. The largest absolute Gasteiger partial charge is 0.493 e. The van der Waals surface area contributed by atoms with Crippen molar-refractivity contribution in [3.8, 4) is 11.5 Å². The van der Waals surface area contributed by atoms with E-state index in [9.17, 15) is 5.11 Å². The number of aliphatic hydroxyl groups excluding tert-OH is 1. The summed E-state index contributed by atoms with van der Waals surface area (Å²) >= 11 is 0. The fraction of sp³-hybridized carbons (Fsp3) is 0.440. The van der Waals surface area contributed by atoms with Crippen LogP contribution in [0.5, 0.6) is 11.5 Å². The second-order valence-corrected chi connectivity index (χ2v) is 8.36. The Hall–Kier alpha value is -2.50. The average Bonchev–Trinajstić information content (AvgIpc) is 3.10. The predicted octanol–water partition coefficient (Wildman–Crippen LogP) is 4.43. The van der Waals surface area contributed by atoms with Crippen LogP contribution in [0.25, 0.3) is 10.9 Å². The molecule has 5 heteroatoms. The molecule has 2 aliphatic rings. The zero-order valence-electron chi connectivity index (χ0n) is 17.9. The maximum absolute atomic E-state index is 10.0. The van der Waals surface area contributed by atoms with Crippen molar-refractivity contribution in [2.45, 2.75) is 51.9 Å². The molecule has 0 fully saturated rings. The number of ether oxygens (including phenoxy) is 2. The van der Waals surface area contributed by atoms with Gasteiger partial charge in [-0.15, -0.1) is 0 Å². The third-order valence-electron chi connectivity index (χ3n) is 6.73. The lowest BCUT2D eigenvalue weighted by Crippen LogP contribution is -2.39. The van der Waals surface area contributed by atoms with Crippen molar-refractivity contribution in [2.24, 2.45) is 0 Å². The molecule has 5 nitrogen and oxygen atoms in total. The summed E-state index contributed by atoms with van der Waals surface area (Å²) in [4.78, 5) is 2.55. The number of aliphatic hydroxyl groups is 1. The van der Waals surface area contributed by atoms with Gasteiger partial charge >= 0.3 is 0 Å². The molecule has 0 spiro atoms. The third kappa shape index (κ3) is 3.08. The first kappa shape index (κ1) is 19.5. The Morgan fingerprint density at radius 3 is 2.83 bits per heavy atom. The molecule has 0 bridgehead atoms. The Kier molecular flexibility index (Phi) is 5.17. The van der Waals surface area contributed by atoms with Gasteiger partial charge in [0.05, 0.1) is 19.2 Å². The molecule has 0 saturated heterocycles. The normalized spacial score (nSPS) is 18.0. The fourth-order valence-electron chi connectivity index (χ4n) is 5.17. The minimum Gasteiger partial charge on any atom is -0.493 e. The molecular weight excluding hydrogens is 376 g/mol. The second kappa shape index (κ2) is 7.97.